The Bertz CT molecular complexity index is 1300. The van der Waals surface area contributed by atoms with E-state index in [1.165, 1.54) is 33.5 Å². The summed E-state index contributed by atoms with van der Waals surface area (Å²) in [5.74, 6) is -0.672. The molecule has 3 aromatic carbocycles. The van der Waals surface area contributed by atoms with Gasteiger partial charge in [-0.25, -0.2) is 8.42 Å². The van der Waals surface area contributed by atoms with E-state index in [1.807, 2.05) is 49.4 Å². The van der Waals surface area contributed by atoms with Gasteiger partial charge in [-0.3, -0.25) is 9.59 Å². The van der Waals surface area contributed by atoms with E-state index in [0.717, 1.165) is 30.0 Å². The first-order valence-electron chi connectivity index (χ1n) is 11.4. The Morgan fingerprint density at radius 3 is 2.44 bits per heavy atom. The molecule has 0 unspecified atom stereocenters. The minimum Gasteiger partial charge on any atom is -0.332 e. The fourth-order valence-corrected chi connectivity index (χ4v) is 6.06. The Kier molecular flexibility index (Phi) is 7.00. The number of fused-ring (bicyclic) bond motifs is 1. The zero-order chi connectivity index (χ0) is 24.3. The number of amides is 2. The molecule has 1 saturated heterocycles. The van der Waals surface area contributed by atoms with E-state index in [0.29, 0.717) is 17.8 Å². The molecule has 2 amide bonds. The summed E-state index contributed by atoms with van der Waals surface area (Å²) in [7, 11) is -2.05. The van der Waals surface area contributed by atoms with Crippen LogP contribution in [0.25, 0.3) is 10.8 Å². The molecule has 1 atom stereocenters. The average molecular weight is 480 g/mol. The van der Waals surface area contributed by atoms with Crippen LogP contribution in [0.4, 0.5) is 5.69 Å². The van der Waals surface area contributed by atoms with Crippen LogP contribution < -0.4 is 5.32 Å². The van der Waals surface area contributed by atoms with Crippen molar-refractivity contribution in [1.82, 2.24) is 9.21 Å². The number of sulfonamides is 1. The number of rotatable bonds is 6. The van der Waals surface area contributed by atoms with Crippen molar-refractivity contribution in [2.75, 3.05) is 25.5 Å². The Balaban J connectivity index is 1.42. The predicted octanol–water partition coefficient (Wildman–Crippen LogP) is 4.11. The quantitative estimate of drug-likeness (QED) is 0.576. The molecular formula is C26H29N3O4S. The summed E-state index contributed by atoms with van der Waals surface area (Å²) in [6.45, 7) is 2.30. The van der Waals surface area contributed by atoms with Crippen LogP contribution in [0, 0.1) is 0 Å². The molecule has 34 heavy (non-hydrogen) atoms. The van der Waals surface area contributed by atoms with Crippen molar-refractivity contribution in [1.29, 1.82) is 0 Å². The number of benzene rings is 3. The van der Waals surface area contributed by atoms with Crippen molar-refractivity contribution >= 4 is 38.3 Å². The average Bonchev–Trinajstić information content (AvgIpc) is 2.84. The molecule has 1 aliphatic rings. The van der Waals surface area contributed by atoms with Crippen molar-refractivity contribution < 1.29 is 18.0 Å². The fraction of sp³-hybridized carbons (Fsp3) is 0.308. The Morgan fingerprint density at radius 1 is 1.00 bits per heavy atom. The second kappa shape index (κ2) is 9.95. The molecule has 3 aromatic rings. The van der Waals surface area contributed by atoms with Crippen LogP contribution in [-0.4, -0.2) is 55.6 Å². The molecule has 1 N–H and O–H groups in total. The van der Waals surface area contributed by atoms with Gasteiger partial charge in [0.1, 0.15) is 0 Å². The minimum absolute atomic E-state index is 0.0357. The summed E-state index contributed by atoms with van der Waals surface area (Å²) in [5, 5.41) is 4.81. The normalized spacial score (nSPS) is 16.8. The van der Waals surface area contributed by atoms with Crippen LogP contribution in [0.3, 0.4) is 0 Å². The molecule has 0 aliphatic carbocycles. The lowest BCUT2D eigenvalue weighted by molar-refractivity contribution is -0.116. The van der Waals surface area contributed by atoms with Crippen LogP contribution >= 0.6 is 0 Å². The number of nitrogens with zero attached hydrogens (tertiary/aromatic N) is 2. The van der Waals surface area contributed by atoms with Gasteiger partial charge >= 0.3 is 0 Å². The number of nitrogens with one attached hydrogen (secondary N) is 1. The predicted molar refractivity (Wildman–Crippen MR) is 133 cm³/mol. The van der Waals surface area contributed by atoms with Gasteiger partial charge in [0.15, 0.2) is 0 Å². The van der Waals surface area contributed by atoms with E-state index in [4.69, 9.17) is 0 Å². The lowest BCUT2D eigenvalue weighted by atomic mass is 10.1. The molecule has 1 heterocycles. The van der Waals surface area contributed by atoms with Gasteiger partial charge < -0.3 is 10.2 Å². The molecule has 0 spiro atoms. The first-order chi connectivity index (χ1) is 16.3. The standard InChI is InChI=1S/C26H29N3O4S/c1-19-8-5-6-17-29(19)34(32,33)22-15-13-21(14-16-22)26(31)28(2)18-25(30)27-24-12-7-10-20-9-3-4-11-23(20)24/h3-4,7,9-16,19H,5-6,8,17-18H2,1-2H3,(H,27,30)/t19-/m1/s1. The summed E-state index contributed by atoms with van der Waals surface area (Å²) >= 11 is 0. The Labute approximate surface area is 200 Å². The van der Waals surface area contributed by atoms with Gasteiger partial charge in [-0.1, -0.05) is 42.8 Å². The summed E-state index contributed by atoms with van der Waals surface area (Å²) in [6, 6.07) is 19.3. The molecule has 178 valence electrons. The molecule has 0 saturated carbocycles. The van der Waals surface area contributed by atoms with E-state index in [9.17, 15) is 18.0 Å². The second-order valence-corrected chi connectivity index (χ2v) is 10.6. The van der Waals surface area contributed by atoms with Crippen molar-refractivity contribution in [2.45, 2.75) is 37.1 Å². The van der Waals surface area contributed by atoms with Crippen LogP contribution in [0.2, 0.25) is 0 Å². The monoisotopic (exact) mass is 479 g/mol. The van der Waals surface area contributed by atoms with Crippen LogP contribution in [0.15, 0.2) is 71.6 Å². The largest absolute Gasteiger partial charge is 0.332 e. The lowest BCUT2D eigenvalue weighted by Crippen LogP contribution is -2.41. The van der Waals surface area contributed by atoms with Crippen molar-refractivity contribution in [2.24, 2.45) is 0 Å². The van der Waals surface area contributed by atoms with E-state index < -0.39 is 10.0 Å². The highest BCUT2D eigenvalue weighted by atomic mass is 32.2. The van der Waals surface area contributed by atoms with Crippen molar-refractivity contribution in [3.05, 3.63) is 72.3 Å². The van der Waals surface area contributed by atoms with Crippen LogP contribution in [0.1, 0.15) is 36.5 Å². The molecule has 1 aliphatic heterocycles. The maximum atomic E-state index is 13.0. The first kappa shape index (κ1) is 23.9. The fourth-order valence-electron chi connectivity index (χ4n) is 4.37. The number of piperidine rings is 1. The number of carbonyl (C=O) groups is 2. The zero-order valence-corrected chi connectivity index (χ0v) is 20.2. The Morgan fingerprint density at radius 2 is 1.71 bits per heavy atom. The van der Waals surface area contributed by atoms with Gasteiger partial charge in [-0.05, 0) is 55.5 Å². The van der Waals surface area contributed by atoms with Crippen LogP contribution in [-0.2, 0) is 14.8 Å². The topological polar surface area (TPSA) is 86.8 Å². The summed E-state index contributed by atoms with van der Waals surface area (Å²) in [6.07, 6.45) is 2.73. The molecule has 0 bridgehead atoms. The van der Waals surface area contributed by atoms with E-state index in [1.54, 1.807) is 7.05 Å². The third-order valence-electron chi connectivity index (χ3n) is 6.24. The molecule has 1 fully saturated rings. The maximum Gasteiger partial charge on any atom is 0.254 e. The third-order valence-corrected chi connectivity index (χ3v) is 8.27. The molecular weight excluding hydrogens is 450 g/mol. The van der Waals surface area contributed by atoms with Crippen molar-refractivity contribution in [3.63, 3.8) is 0 Å². The number of hydrogen-bond acceptors (Lipinski definition) is 4. The molecule has 0 aromatic heterocycles. The zero-order valence-electron chi connectivity index (χ0n) is 19.4. The highest BCUT2D eigenvalue weighted by Crippen LogP contribution is 2.26. The van der Waals surface area contributed by atoms with Crippen molar-refractivity contribution in [3.8, 4) is 0 Å². The minimum atomic E-state index is -3.60. The van der Waals surface area contributed by atoms with E-state index in [2.05, 4.69) is 5.32 Å². The highest BCUT2D eigenvalue weighted by molar-refractivity contribution is 7.89. The molecule has 8 heteroatoms. The SMILES string of the molecule is C[C@@H]1CCCCN1S(=O)(=O)c1ccc(C(=O)N(C)CC(=O)Nc2cccc3ccccc23)cc1. The van der Waals surface area contributed by atoms with E-state index in [-0.39, 0.29) is 29.3 Å². The van der Waals surface area contributed by atoms with Gasteiger partial charge in [0.25, 0.3) is 5.91 Å². The Hall–Kier alpha value is -3.23. The molecule has 0 radical (unpaired) electrons. The maximum absolute atomic E-state index is 13.0. The smallest absolute Gasteiger partial charge is 0.254 e. The van der Waals surface area contributed by atoms with Gasteiger partial charge in [0.2, 0.25) is 15.9 Å². The molecule has 4 rings (SSSR count). The summed E-state index contributed by atoms with van der Waals surface area (Å²) in [4.78, 5) is 26.9. The lowest BCUT2D eigenvalue weighted by Gasteiger charge is -2.32. The number of carbonyl (C=O) groups excluding carboxylic acids is 2. The van der Waals surface area contributed by atoms with Crippen LogP contribution in [0.5, 0.6) is 0 Å². The first-order valence-corrected chi connectivity index (χ1v) is 12.9. The summed E-state index contributed by atoms with van der Waals surface area (Å²) in [5.41, 5.74) is 1.01. The number of hydrogen-bond donors (Lipinski definition) is 1. The summed E-state index contributed by atoms with van der Waals surface area (Å²) < 4.78 is 27.5. The molecule has 7 nitrogen and oxygen atoms in total. The number of anilines is 1. The second-order valence-electron chi connectivity index (χ2n) is 8.72. The third kappa shape index (κ3) is 4.98. The van der Waals surface area contributed by atoms with Gasteiger partial charge in [0.05, 0.1) is 11.4 Å². The number of likely N-dealkylation sites (N-methyl/N-ethyl adjacent to an activating group) is 1. The van der Waals surface area contributed by atoms with Gasteiger partial charge in [0, 0.05) is 36.3 Å². The van der Waals surface area contributed by atoms with Gasteiger partial charge in [-0.15, -0.1) is 0 Å². The highest BCUT2D eigenvalue weighted by Gasteiger charge is 2.31. The van der Waals surface area contributed by atoms with Gasteiger partial charge in [-0.2, -0.15) is 4.31 Å². The van der Waals surface area contributed by atoms with E-state index >= 15 is 0 Å².